The van der Waals surface area contributed by atoms with E-state index >= 15 is 0 Å². The zero-order valence-electron chi connectivity index (χ0n) is 23.1. The molecule has 5 aliphatic heterocycles. The molecule has 1 aromatic rings. The second-order valence-corrected chi connectivity index (χ2v) is 13.5. The number of carbonyl (C=O) groups is 4. The van der Waals surface area contributed by atoms with Gasteiger partial charge in [-0.05, 0) is 41.6 Å². The number of aliphatic hydroxyl groups excluding tert-OH is 1. The van der Waals surface area contributed by atoms with Gasteiger partial charge in [-0.2, -0.15) is 0 Å². The number of nitrogens with one attached hydrogen (secondary N) is 2. The Morgan fingerprint density at radius 1 is 1.32 bits per heavy atom. The van der Waals surface area contributed by atoms with Gasteiger partial charge in [0, 0.05) is 42.1 Å². The van der Waals surface area contributed by atoms with Crippen LogP contribution in [-0.2, 0) is 25.7 Å². The Bertz CT molecular complexity index is 1270. The Labute approximate surface area is 241 Å². The molecule has 222 valence electrons. The number of rotatable bonds is 10. The second kappa shape index (κ2) is 10.7. The topological polar surface area (TPSA) is 183 Å². The highest BCUT2D eigenvalue weighted by Gasteiger charge is 2.60. The van der Waals surface area contributed by atoms with Crippen LogP contribution in [0.3, 0.4) is 0 Å². The third kappa shape index (κ3) is 4.76. The van der Waals surface area contributed by atoms with Gasteiger partial charge in [0.15, 0.2) is 5.78 Å². The third-order valence-electron chi connectivity index (χ3n) is 9.63. The fourth-order valence-electron chi connectivity index (χ4n) is 7.57. The molecule has 0 spiro atoms. The molecule has 0 saturated carbocycles. The summed E-state index contributed by atoms with van der Waals surface area (Å²) in [6.45, 7) is 6.35. The first-order valence-electron chi connectivity index (χ1n) is 14.2. The highest BCUT2D eigenvalue weighted by atomic mass is 32.2. The molecule has 2 amide bonds. The number of aliphatic carboxylic acids is 1. The molecule has 4 fully saturated rings. The summed E-state index contributed by atoms with van der Waals surface area (Å²) in [4.78, 5) is 55.4. The number of tetrazole rings is 1. The number of likely N-dealkylation sites (tertiary alicyclic amines) is 1. The molecule has 0 bridgehead atoms. The van der Waals surface area contributed by atoms with Crippen molar-refractivity contribution in [2.75, 3.05) is 32.8 Å². The van der Waals surface area contributed by atoms with Crippen LogP contribution in [-0.4, -0.2) is 119 Å². The lowest BCUT2D eigenvalue weighted by Gasteiger charge is -2.47. The number of aromatic nitrogens is 4. The van der Waals surface area contributed by atoms with Gasteiger partial charge >= 0.3 is 5.97 Å². The number of hydrogen-bond donors (Lipinski definition) is 4. The van der Waals surface area contributed by atoms with Crippen LogP contribution in [0.2, 0.25) is 0 Å². The largest absolute Gasteiger partial charge is 0.477 e. The maximum absolute atomic E-state index is 13.4. The Hall–Kier alpha value is -2.88. The standard InChI is InChI=1S/C26H36N8O6S/c1-13(5-16(36)9-33-12-29-30-31-33)19-20-14(2)22(21(25(39)40)34(20)24(19)38)41-17-6-18(27-7-17)23(37)32-8-15-3-4-28-26(15,10-32)11-35/h12-15,17-20,27-28,35H,3-11H2,1-2H3,(H,39,40)/t13-,14+,15?,17-,18-,19?,20+,26?/m0/s1. The minimum absolute atomic E-state index is 0.00544. The molecule has 4 N–H and O–H groups in total. The molecule has 1 aromatic heterocycles. The molecule has 41 heavy (non-hydrogen) atoms. The number of Topliss-reactive ketones (excluding diaryl/α,β-unsaturated/α-hetero) is 1. The first kappa shape index (κ1) is 28.2. The van der Waals surface area contributed by atoms with Crippen molar-refractivity contribution in [3.63, 3.8) is 0 Å². The molecule has 3 unspecified atom stereocenters. The number of carbonyl (C=O) groups excluding carboxylic acids is 3. The Balaban J connectivity index is 1.09. The number of carboxylic acids is 1. The van der Waals surface area contributed by atoms with Gasteiger partial charge in [0.05, 0.1) is 30.1 Å². The van der Waals surface area contributed by atoms with Gasteiger partial charge in [0.2, 0.25) is 11.8 Å². The Morgan fingerprint density at radius 3 is 2.80 bits per heavy atom. The maximum atomic E-state index is 13.4. The SMILES string of the molecule is C[C@@H](CC(=O)Cn1cnnn1)C1C(=O)N2C(C(=O)O)=C(S[C@@H]3CN[C@H](C(=O)N4CC5CCNC5(CO)C4)C3)[C@H](C)[C@H]12. The number of amides is 2. The van der Waals surface area contributed by atoms with Crippen LogP contribution >= 0.6 is 11.8 Å². The summed E-state index contributed by atoms with van der Waals surface area (Å²) >= 11 is 1.45. The third-order valence-corrected chi connectivity index (χ3v) is 11.1. The lowest BCUT2D eigenvalue weighted by Crippen LogP contribution is -2.62. The van der Waals surface area contributed by atoms with E-state index in [0.717, 1.165) is 13.0 Å². The number of aliphatic hydroxyl groups is 1. The van der Waals surface area contributed by atoms with Gasteiger partial charge in [-0.25, -0.2) is 9.48 Å². The molecule has 0 aliphatic carbocycles. The molecule has 15 heteroatoms. The summed E-state index contributed by atoms with van der Waals surface area (Å²) in [6, 6.07) is -0.685. The quantitative estimate of drug-likeness (QED) is 0.237. The lowest BCUT2D eigenvalue weighted by molar-refractivity contribution is -0.160. The van der Waals surface area contributed by atoms with Crippen LogP contribution in [0.25, 0.3) is 0 Å². The van der Waals surface area contributed by atoms with E-state index in [1.807, 2.05) is 18.7 Å². The minimum atomic E-state index is -1.14. The highest BCUT2D eigenvalue weighted by molar-refractivity contribution is 8.03. The Morgan fingerprint density at radius 2 is 2.12 bits per heavy atom. The minimum Gasteiger partial charge on any atom is -0.477 e. The van der Waals surface area contributed by atoms with Crippen molar-refractivity contribution in [1.82, 2.24) is 40.6 Å². The molecular weight excluding hydrogens is 552 g/mol. The number of β-lactam (4-membered cyclic amide) rings is 1. The predicted octanol–water partition coefficient (Wildman–Crippen LogP) is -1.31. The molecule has 4 saturated heterocycles. The van der Waals surface area contributed by atoms with Gasteiger partial charge in [0.25, 0.3) is 0 Å². The zero-order valence-corrected chi connectivity index (χ0v) is 23.9. The van der Waals surface area contributed by atoms with Gasteiger partial charge < -0.3 is 30.6 Å². The smallest absolute Gasteiger partial charge is 0.353 e. The van der Waals surface area contributed by atoms with E-state index in [1.54, 1.807) is 0 Å². The van der Waals surface area contributed by atoms with Crippen molar-refractivity contribution in [2.45, 2.75) is 62.5 Å². The summed E-state index contributed by atoms with van der Waals surface area (Å²) in [5, 5.41) is 37.5. The molecule has 0 radical (unpaired) electrons. The van der Waals surface area contributed by atoms with Crippen molar-refractivity contribution in [2.24, 2.45) is 23.7 Å². The number of hydrogen-bond acceptors (Lipinski definition) is 11. The van der Waals surface area contributed by atoms with Crippen molar-refractivity contribution >= 4 is 35.3 Å². The van der Waals surface area contributed by atoms with E-state index in [-0.39, 0.29) is 78.0 Å². The summed E-state index contributed by atoms with van der Waals surface area (Å²) in [6.07, 6.45) is 3.02. The van der Waals surface area contributed by atoms with E-state index in [4.69, 9.17) is 0 Å². The van der Waals surface area contributed by atoms with Crippen LogP contribution in [0.1, 0.15) is 33.1 Å². The molecule has 0 aromatic carbocycles. The Kier molecular flexibility index (Phi) is 7.41. The average Bonchev–Trinajstić information content (AvgIpc) is 3.73. The second-order valence-electron chi connectivity index (χ2n) is 12.1. The van der Waals surface area contributed by atoms with Crippen molar-refractivity contribution < 1.29 is 29.4 Å². The molecule has 6 rings (SSSR count). The summed E-state index contributed by atoms with van der Waals surface area (Å²) < 4.78 is 1.34. The zero-order chi connectivity index (χ0) is 29.1. The average molecular weight is 589 g/mol. The number of carboxylic acid groups (broad SMARTS) is 1. The van der Waals surface area contributed by atoms with E-state index < -0.39 is 17.4 Å². The number of fused-ring (bicyclic) bond motifs is 2. The number of nitrogens with zero attached hydrogens (tertiary/aromatic N) is 6. The van der Waals surface area contributed by atoms with Crippen molar-refractivity contribution in [3.05, 3.63) is 16.9 Å². The van der Waals surface area contributed by atoms with Crippen LogP contribution in [0.15, 0.2) is 16.9 Å². The van der Waals surface area contributed by atoms with E-state index in [0.29, 0.717) is 31.0 Å². The van der Waals surface area contributed by atoms with Crippen LogP contribution in [0.4, 0.5) is 0 Å². The molecule has 14 nitrogen and oxygen atoms in total. The molecule has 8 atom stereocenters. The fraction of sp³-hybridized carbons (Fsp3) is 0.731. The fourth-order valence-corrected chi connectivity index (χ4v) is 9.05. The molecular formula is C26H36N8O6S. The first-order valence-corrected chi connectivity index (χ1v) is 15.1. The summed E-state index contributed by atoms with van der Waals surface area (Å²) in [7, 11) is 0. The van der Waals surface area contributed by atoms with Crippen LogP contribution in [0, 0.1) is 23.7 Å². The van der Waals surface area contributed by atoms with E-state index in [9.17, 15) is 29.4 Å². The number of thioether (sulfide) groups is 1. The van der Waals surface area contributed by atoms with Gasteiger partial charge in [0.1, 0.15) is 18.6 Å². The van der Waals surface area contributed by atoms with Crippen molar-refractivity contribution in [1.29, 1.82) is 0 Å². The van der Waals surface area contributed by atoms with Crippen molar-refractivity contribution in [3.8, 4) is 0 Å². The van der Waals surface area contributed by atoms with Crippen LogP contribution in [0.5, 0.6) is 0 Å². The van der Waals surface area contributed by atoms with Gasteiger partial charge in [-0.3, -0.25) is 14.4 Å². The number of ketones is 1. The van der Waals surface area contributed by atoms with E-state index in [2.05, 4.69) is 26.2 Å². The normalized spacial score (nSPS) is 35.0. The summed E-state index contributed by atoms with van der Waals surface area (Å²) in [5.74, 6) is -2.15. The van der Waals surface area contributed by atoms with Gasteiger partial charge in [-0.15, -0.1) is 16.9 Å². The first-order chi connectivity index (χ1) is 19.6. The highest BCUT2D eigenvalue weighted by Crippen LogP contribution is 2.53. The maximum Gasteiger partial charge on any atom is 0.353 e. The van der Waals surface area contributed by atoms with Crippen LogP contribution < -0.4 is 10.6 Å². The van der Waals surface area contributed by atoms with Gasteiger partial charge in [-0.1, -0.05) is 13.8 Å². The summed E-state index contributed by atoms with van der Waals surface area (Å²) in [5.41, 5.74) is -0.381. The monoisotopic (exact) mass is 588 g/mol. The lowest BCUT2D eigenvalue weighted by atomic mass is 9.73. The molecule has 6 heterocycles. The predicted molar refractivity (Wildman–Crippen MR) is 145 cm³/mol. The van der Waals surface area contributed by atoms with E-state index in [1.165, 1.54) is 27.7 Å². The molecule has 5 aliphatic rings.